The van der Waals surface area contributed by atoms with Crippen molar-refractivity contribution in [2.45, 2.75) is 58.9 Å². The van der Waals surface area contributed by atoms with E-state index in [1.165, 1.54) is 6.42 Å². The van der Waals surface area contributed by atoms with Crippen LogP contribution in [0.1, 0.15) is 52.9 Å². The van der Waals surface area contributed by atoms with Crippen molar-refractivity contribution in [1.82, 2.24) is 5.32 Å². The number of carbonyl (C=O) groups is 1. The average molecular weight is 255 g/mol. The first-order valence-corrected chi connectivity index (χ1v) is 6.69. The van der Waals surface area contributed by atoms with Crippen molar-refractivity contribution in [3.63, 3.8) is 0 Å². The zero-order valence-corrected chi connectivity index (χ0v) is 11.6. The summed E-state index contributed by atoms with van der Waals surface area (Å²) in [6.45, 7) is 5.88. The molecule has 0 saturated heterocycles. The number of nitrogens with zero attached hydrogens (tertiary/aromatic N) is 1. The van der Waals surface area contributed by atoms with Gasteiger partial charge in [0.15, 0.2) is 5.84 Å². The molecule has 0 heterocycles. The molecule has 4 N–H and O–H groups in total. The Labute approximate surface area is 109 Å². The molecule has 0 bridgehead atoms. The Morgan fingerprint density at radius 2 is 1.89 bits per heavy atom. The van der Waals surface area contributed by atoms with Crippen LogP contribution >= 0.6 is 0 Å². The van der Waals surface area contributed by atoms with E-state index in [2.05, 4.69) is 10.5 Å². The van der Waals surface area contributed by atoms with E-state index >= 15 is 0 Å². The SMILES string of the molecule is CC(C)C(NC(=O)C1(C)CCCCC1)C(N)=NO. The maximum absolute atomic E-state index is 12.4. The highest BCUT2D eigenvalue weighted by Gasteiger charge is 2.36. The lowest BCUT2D eigenvalue weighted by molar-refractivity contribution is -0.132. The molecule has 104 valence electrons. The van der Waals surface area contributed by atoms with Crippen LogP contribution in [0.4, 0.5) is 0 Å². The number of carbonyl (C=O) groups excluding carboxylic acids is 1. The van der Waals surface area contributed by atoms with Crippen LogP contribution in [0.25, 0.3) is 0 Å². The van der Waals surface area contributed by atoms with Gasteiger partial charge >= 0.3 is 0 Å². The summed E-state index contributed by atoms with van der Waals surface area (Å²) in [5.41, 5.74) is 5.32. The summed E-state index contributed by atoms with van der Waals surface area (Å²) in [6, 6.07) is -0.402. The van der Waals surface area contributed by atoms with Gasteiger partial charge in [0.05, 0.1) is 6.04 Å². The molecule has 1 aliphatic rings. The topological polar surface area (TPSA) is 87.7 Å². The van der Waals surface area contributed by atoms with Crippen LogP contribution in [0, 0.1) is 11.3 Å². The van der Waals surface area contributed by atoms with Gasteiger partial charge in [-0.1, -0.05) is 45.2 Å². The molecule has 1 amide bonds. The molecule has 1 fully saturated rings. The molecule has 1 rings (SSSR count). The fourth-order valence-corrected chi connectivity index (χ4v) is 2.52. The van der Waals surface area contributed by atoms with Crippen molar-refractivity contribution >= 4 is 11.7 Å². The number of hydrogen-bond acceptors (Lipinski definition) is 3. The van der Waals surface area contributed by atoms with Gasteiger partial charge in [-0.2, -0.15) is 0 Å². The van der Waals surface area contributed by atoms with E-state index in [0.717, 1.165) is 25.7 Å². The molecule has 5 heteroatoms. The minimum Gasteiger partial charge on any atom is -0.409 e. The second-order valence-corrected chi connectivity index (χ2v) is 5.84. The van der Waals surface area contributed by atoms with Gasteiger partial charge in [0.1, 0.15) is 0 Å². The van der Waals surface area contributed by atoms with Crippen LogP contribution in [-0.4, -0.2) is 23.0 Å². The van der Waals surface area contributed by atoms with Crippen molar-refractivity contribution in [3.8, 4) is 0 Å². The number of hydrogen-bond donors (Lipinski definition) is 3. The summed E-state index contributed by atoms with van der Waals surface area (Å²) >= 11 is 0. The molecule has 0 radical (unpaired) electrons. The normalized spacial score (nSPS) is 21.7. The van der Waals surface area contributed by atoms with E-state index in [4.69, 9.17) is 10.9 Å². The molecular formula is C13H25N3O2. The first-order valence-electron chi connectivity index (χ1n) is 6.69. The fourth-order valence-electron chi connectivity index (χ4n) is 2.52. The minimum atomic E-state index is -0.402. The number of nitrogens with two attached hydrogens (primary N) is 1. The standard InChI is InChI=1S/C13H25N3O2/c1-9(2)10(11(14)16-18)15-12(17)13(3)7-5-4-6-8-13/h9-10,18H,4-8H2,1-3H3,(H2,14,16)(H,15,17). The van der Waals surface area contributed by atoms with E-state index in [9.17, 15) is 4.79 Å². The second-order valence-electron chi connectivity index (χ2n) is 5.84. The van der Waals surface area contributed by atoms with Gasteiger partial charge in [0.2, 0.25) is 5.91 Å². The summed E-state index contributed by atoms with van der Waals surface area (Å²) in [6.07, 6.45) is 5.23. The maximum atomic E-state index is 12.4. The van der Waals surface area contributed by atoms with Crippen LogP contribution in [0.5, 0.6) is 0 Å². The summed E-state index contributed by atoms with van der Waals surface area (Å²) in [5, 5.41) is 14.7. The fraction of sp³-hybridized carbons (Fsp3) is 0.846. The molecule has 1 saturated carbocycles. The Balaban J connectivity index is 2.72. The van der Waals surface area contributed by atoms with E-state index in [1.54, 1.807) is 0 Å². The third-order valence-electron chi connectivity index (χ3n) is 3.89. The molecule has 18 heavy (non-hydrogen) atoms. The predicted octanol–water partition coefficient (Wildman–Crippen LogP) is 1.84. The second kappa shape index (κ2) is 6.07. The number of nitrogens with one attached hydrogen (secondary N) is 1. The van der Waals surface area contributed by atoms with Gasteiger partial charge in [-0.05, 0) is 18.8 Å². The van der Waals surface area contributed by atoms with Crippen LogP contribution in [0.2, 0.25) is 0 Å². The molecular weight excluding hydrogens is 230 g/mol. The van der Waals surface area contributed by atoms with Crippen LogP contribution < -0.4 is 11.1 Å². The lowest BCUT2D eigenvalue weighted by atomic mass is 9.75. The molecule has 0 aromatic heterocycles. The molecule has 1 atom stereocenters. The van der Waals surface area contributed by atoms with Gasteiger partial charge in [-0.15, -0.1) is 0 Å². The summed E-state index contributed by atoms with van der Waals surface area (Å²) < 4.78 is 0. The van der Waals surface area contributed by atoms with Gasteiger partial charge < -0.3 is 16.3 Å². The molecule has 0 aromatic rings. The minimum absolute atomic E-state index is 0.0208. The molecule has 0 aliphatic heterocycles. The Morgan fingerprint density at radius 3 is 2.33 bits per heavy atom. The average Bonchev–Trinajstić information content (AvgIpc) is 2.35. The van der Waals surface area contributed by atoms with Crippen molar-refractivity contribution in [2.24, 2.45) is 22.2 Å². The number of amidine groups is 1. The quantitative estimate of drug-likeness (QED) is 0.310. The molecule has 5 nitrogen and oxygen atoms in total. The monoisotopic (exact) mass is 255 g/mol. The number of amides is 1. The predicted molar refractivity (Wildman–Crippen MR) is 71.4 cm³/mol. The van der Waals surface area contributed by atoms with Crippen LogP contribution in [0.3, 0.4) is 0 Å². The maximum Gasteiger partial charge on any atom is 0.226 e. The summed E-state index contributed by atoms with van der Waals surface area (Å²) in [7, 11) is 0. The molecule has 1 unspecified atom stereocenters. The van der Waals surface area contributed by atoms with Crippen LogP contribution in [0.15, 0.2) is 5.16 Å². The summed E-state index contributed by atoms with van der Waals surface area (Å²) in [4.78, 5) is 12.4. The smallest absolute Gasteiger partial charge is 0.226 e. The largest absolute Gasteiger partial charge is 0.409 e. The first kappa shape index (κ1) is 14.8. The number of rotatable bonds is 4. The Morgan fingerprint density at radius 1 is 1.33 bits per heavy atom. The van der Waals surface area contributed by atoms with Crippen LogP contribution in [-0.2, 0) is 4.79 Å². The lowest BCUT2D eigenvalue weighted by Crippen LogP contribution is -2.52. The van der Waals surface area contributed by atoms with E-state index in [-0.39, 0.29) is 23.1 Å². The van der Waals surface area contributed by atoms with Gasteiger partial charge in [-0.25, -0.2) is 0 Å². The third kappa shape index (κ3) is 3.37. The molecule has 0 aromatic carbocycles. The van der Waals surface area contributed by atoms with Crippen molar-refractivity contribution in [2.75, 3.05) is 0 Å². The zero-order chi connectivity index (χ0) is 13.8. The number of oxime groups is 1. The highest BCUT2D eigenvalue weighted by Crippen LogP contribution is 2.36. The van der Waals surface area contributed by atoms with Gasteiger partial charge in [-0.3, -0.25) is 4.79 Å². The van der Waals surface area contributed by atoms with Crippen molar-refractivity contribution in [1.29, 1.82) is 0 Å². The van der Waals surface area contributed by atoms with E-state index in [0.29, 0.717) is 0 Å². The summed E-state index contributed by atoms with van der Waals surface area (Å²) in [5.74, 6) is 0.183. The highest BCUT2D eigenvalue weighted by atomic mass is 16.4. The van der Waals surface area contributed by atoms with Crippen molar-refractivity contribution < 1.29 is 10.0 Å². The van der Waals surface area contributed by atoms with Gasteiger partial charge in [0.25, 0.3) is 0 Å². The Bertz CT molecular complexity index is 320. The first-order chi connectivity index (χ1) is 8.40. The Kier molecular flexibility index (Phi) is 4.99. The third-order valence-corrected chi connectivity index (χ3v) is 3.89. The highest BCUT2D eigenvalue weighted by molar-refractivity contribution is 5.91. The van der Waals surface area contributed by atoms with E-state index in [1.807, 2.05) is 20.8 Å². The Hall–Kier alpha value is -1.26. The zero-order valence-electron chi connectivity index (χ0n) is 11.6. The lowest BCUT2D eigenvalue weighted by Gasteiger charge is -2.34. The van der Waals surface area contributed by atoms with Gasteiger partial charge in [0, 0.05) is 5.41 Å². The molecule has 1 aliphatic carbocycles. The molecule has 0 spiro atoms. The van der Waals surface area contributed by atoms with Crippen molar-refractivity contribution in [3.05, 3.63) is 0 Å². The van der Waals surface area contributed by atoms with E-state index < -0.39 is 6.04 Å².